The summed E-state index contributed by atoms with van der Waals surface area (Å²) in [4.78, 5) is 10.4. The third kappa shape index (κ3) is 10.4. The summed E-state index contributed by atoms with van der Waals surface area (Å²) in [7, 11) is 0. The van der Waals surface area contributed by atoms with Gasteiger partial charge >= 0.3 is 5.97 Å². The average Bonchev–Trinajstić information content (AvgIpc) is 2.55. The van der Waals surface area contributed by atoms with E-state index in [4.69, 9.17) is 9.84 Å². The monoisotopic (exact) mass is 316 g/mol. The molecule has 0 atom stereocenters. The predicted molar refractivity (Wildman–Crippen MR) is 93.7 cm³/mol. The summed E-state index contributed by atoms with van der Waals surface area (Å²) < 4.78 is 5.68. The Hall–Kier alpha value is -1.95. The second-order valence-electron chi connectivity index (χ2n) is 5.76. The van der Waals surface area contributed by atoms with E-state index in [9.17, 15) is 4.79 Å². The van der Waals surface area contributed by atoms with Crippen LogP contribution in [0.3, 0.4) is 0 Å². The number of carboxylic acids is 1. The van der Waals surface area contributed by atoms with Crippen molar-refractivity contribution in [2.24, 2.45) is 0 Å². The van der Waals surface area contributed by atoms with Crippen molar-refractivity contribution in [3.8, 4) is 17.6 Å². The summed E-state index contributed by atoms with van der Waals surface area (Å²) in [5.41, 5.74) is 0.683. The SMILES string of the molecule is CCCCCCCCCCCOc1ccc(C#CC(=O)O)cc1. The first-order valence-corrected chi connectivity index (χ1v) is 8.70. The van der Waals surface area contributed by atoms with Crippen molar-refractivity contribution in [2.75, 3.05) is 6.61 Å². The molecule has 0 aliphatic rings. The number of rotatable bonds is 11. The van der Waals surface area contributed by atoms with Gasteiger partial charge in [0.15, 0.2) is 0 Å². The number of benzene rings is 1. The maximum Gasteiger partial charge on any atom is 0.382 e. The molecular formula is C20H28O3. The molecule has 0 saturated heterocycles. The molecule has 0 bridgehead atoms. The van der Waals surface area contributed by atoms with Crippen LogP contribution in [0.5, 0.6) is 5.75 Å². The van der Waals surface area contributed by atoms with Crippen LogP contribution in [0.15, 0.2) is 24.3 Å². The standard InChI is InChI=1S/C20H28O3/c1-2-3-4-5-6-7-8-9-10-17-23-19-14-11-18(12-15-19)13-16-20(21)22/h11-12,14-15H,2-10,17H2,1H3,(H,21,22). The van der Waals surface area contributed by atoms with Crippen LogP contribution >= 0.6 is 0 Å². The summed E-state index contributed by atoms with van der Waals surface area (Å²) in [6, 6.07) is 7.22. The highest BCUT2D eigenvalue weighted by Crippen LogP contribution is 2.13. The van der Waals surface area contributed by atoms with Crippen molar-refractivity contribution in [3.05, 3.63) is 29.8 Å². The van der Waals surface area contributed by atoms with Crippen LogP contribution in [0.1, 0.15) is 70.3 Å². The van der Waals surface area contributed by atoms with Crippen LogP contribution in [0, 0.1) is 11.8 Å². The van der Waals surface area contributed by atoms with Crippen molar-refractivity contribution in [1.82, 2.24) is 0 Å². The molecule has 0 aromatic heterocycles. The fourth-order valence-electron chi connectivity index (χ4n) is 2.36. The molecule has 1 aromatic carbocycles. The van der Waals surface area contributed by atoms with Crippen molar-refractivity contribution < 1.29 is 14.6 Å². The molecule has 1 rings (SSSR count). The summed E-state index contributed by atoms with van der Waals surface area (Å²) in [6.07, 6.45) is 11.7. The Kier molecular flexibility index (Phi) is 10.4. The fourth-order valence-corrected chi connectivity index (χ4v) is 2.36. The molecule has 0 saturated carbocycles. The molecule has 23 heavy (non-hydrogen) atoms. The lowest BCUT2D eigenvalue weighted by atomic mass is 10.1. The Morgan fingerprint density at radius 3 is 2.09 bits per heavy atom. The maximum absolute atomic E-state index is 10.4. The van der Waals surface area contributed by atoms with Gasteiger partial charge < -0.3 is 9.84 Å². The van der Waals surface area contributed by atoms with Crippen LogP contribution in [0.4, 0.5) is 0 Å². The third-order valence-electron chi connectivity index (χ3n) is 3.68. The Labute approximate surface area is 140 Å². The molecule has 1 N–H and O–H groups in total. The van der Waals surface area contributed by atoms with Gasteiger partial charge in [-0.2, -0.15) is 0 Å². The zero-order valence-corrected chi connectivity index (χ0v) is 14.1. The summed E-state index contributed by atoms with van der Waals surface area (Å²) >= 11 is 0. The smallest absolute Gasteiger partial charge is 0.382 e. The molecule has 0 aliphatic carbocycles. The number of unbranched alkanes of at least 4 members (excludes halogenated alkanes) is 8. The summed E-state index contributed by atoms with van der Waals surface area (Å²) in [5.74, 6) is 4.37. The Morgan fingerprint density at radius 1 is 0.957 bits per heavy atom. The maximum atomic E-state index is 10.4. The quantitative estimate of drug-likeness (QED) is 0.460. The molecule has 0 amide bonds. The van der Waals surface area contributed by atoms with Gasteiger partial charge in [-0.25, -0.2) is 4.79 Å². The molecule has 0 radical (unpaired) electrons. The molecule has 3 heteroatoms. The molecule has 0 aliphatic heterocycles. The van der Waals surface area contributed by atoms with Crippen molar-refractivity contribution >= 4 is 5.97 Å². The van der Waals surface area contributed by atoms with Gasteiger partial charge in [0.25, 0.3) is 0 Å². The number of carboxylic acid groups (broad SMARTS) is 1. The van der Waals surface area contributed by atoms with Crippen molar-refractivity contribution in [3.63, 3.8) is 0 Å². The van der Waals surface area contributed by atoms with E-state index in [1.54, 1.807) is 12.1 Å². The fraction of sp³-hybridized carbons (Fsp3) is 0.550. The molecule has 3 nitrogen and oxygen atoms in total. The average molecular weight is 316 g/mol. The topological polar surface area (TPSA) is 46.5 Å². The molecule has 0 fully saturated rings. The van der Waals surface area contributed by atoms with Crippen LogP contribution < -0.4 is 4.74 Å². The number of carbonyl (C=O) groups is 1. The first-order valence-electron chi connectivity index (χ1n) is 8.70. The summed E-state index contributed by atoms with van der Waals surface area (Å²) in [6.45, 7) is 2.98. The molecule has 0 unspecified atom stereocenters. The highest BCUT2D eigenvalue weighted by molar-refractivity contribution is 5.87. The van der Waals surface area contributed by atoms with Gasteiger partial charge in [-0.3, -0.25) is 0 Å². The van der Waals surface area contributed by atoms with Gasteiger partial charge in [-0.05, 0) is 30.7 Å². The molecule has 126 valence electrons. The van der Waals surface area contributed by atoms with Gasteiger partial charge in [-0.1, -0.05) is 64.2 Å². The minimum absolute atomic E-state index is 0.683. The van der Waals surface area contributed by atoms with E-state index in [0.29, 0.717) is 5.56 Å². The second-order valence-corrected chi connectivity index (χ2v) is 5.76. The van der Waals surface area contributed by atoms with Crippen LogP contribution in [-0.2, 0) is 4.79 Å². The normalized spacial score (nSPS) is 9.96. The Bertz CT molecular complexity index is 494. The second kappa shape index (κ2) is 12.6. The van der Waals surface area contributed by atoms with E-state index in [2.05, 4.69) is 18.8 Å². The molecular weight excluding hydrogens is 288 g/mol. The largest absolute Gasteiger partial charge is 0.494 e. The van der Waals surface area contributed by atoms with Crippen molar-refractivity contribution in [1.29, 1.82) is 0 Å². The number of aliphatic carboxylic acids is 1. The first kappa shape index (κ1) is 19.1. The Balaban J connectivity index is 2.06. The number of hydrogen-bond donors (Lipinski definition) is 1. The van der Waals surface area contributed by atoms with Crippen LogP contribution in [0.2, 0.25) is 0 Å². The zero-order chi connectivity index (χ0) is 16.8. The van der Waals surface area contributed by atoms with Crippen LogP contribution in [-0.4, -0.2) is 17.7 Å². The number of hydrogen-bond acceptors (Lipinski definition) is 2. The Morgan fingerprint density at radius 2 is 1.52 bits per heavy atom. The van der Waals surface area contributed by atoms with Gasteiger partial charge in [-0.15, -0.1) is 0 Å². The first-order chi connectivity index (χ1) is 11.2. The lowest BCUT2D eigenvalue weighted by Gasteiger charge is -2.06. The predicted octanol–water partition coefficient (Wildman–Crippen LogP) is 5.03. The van der Waals surface area contributed by atoms with E-state index in [1.165, 1.54) is 51.4 Å². The summed E-state index contributed by atoms with van der Waals surface area (Å²) in [5, 5.41) is 8.49. The van der Waals surface area contributed by atoms with E-state index < -0.39 is 5.97 Å². The lowest BCUT2D eigenvalue weighted by Crippen LogP contribution is -1.97. The minimum atomic E-state index is -1.12. The van der Waals surface area contributed by atoms with E-state index in [1.807, 2.05) is 12.1 Å². The third-order valence-corrected chi connectivity index (χ3v) is 3.68. The van der Waals surface area contributed by atoms with E-state index >= 15 is 0 Å². The van der Waals surface area contributed by atoms with Crippen LogP contribution in [0.25, 0.3) is 0 Å². The van der Waals surface area contributed by atoms with E-state index in [0.717, 1.165) is 18.8 Å². The zero-order valence-electron chi connectivity index (χ0n) is 14.1. The van der Waals surface area contributed by atoms with E-state index in [-0.39, 0.29) is 0 Å². The minimum Gasteiger partial charge on any atom is -0.494 e. The van der Waals surface area contributed by atoms with Gasteiger partial charge in [0.05, 0.1) is 6.61 Å². The van der Waals surface area contributed by atoms with Crippen molar-refractivity contribution in [2.45, 2.75) is 64.7 Å². The lowest BCUT2D eigenvalue weighted by molar-refractivity contribution is -0.130. The van der Waals surface area contributed by atoms with Gasteiger partial charge in [0.2, 0.25) is 0 Å². The molecule has 0 spiro atoms. The number of ether oxygens (including phenoxy) is 1. The highest BCUT2D eigenvalue weighted by Gasteiger charge is 1.96. The highest BCUT2D eigenvalue weighted by atomic mass is 16.5. The van der Waals surface area contributed by atoms with Gasteiger partial charge in [0.1, 0.15) is 5.75 Å². The molecule has 0 heterocycles. The van der Waals surface area contributed by atoms with Gasteiger partial charge in [0, 0.05) is 11.5 Å². The molecule has 1 aromatic rings.